The van der Waals surface area contributed by atoms with Crippen molar-refractivity contribution >= 4 is 5.91 Å². The second kappa shape index (κ2) is 3.43. The first-order chi connectivity index (χ1) is 4.87. The monoisotopic (exact) mass is 120 g/mol. The maximum atomic E-state index is 10.8. The van der Waals surface area contributed by atoms with Gasteiger partial charge in [0.25, 0.3) is 0 Å². The number of hydroxylamine groups is 2. The first-order valence-electron chi connectivity index (χ1n) is 3.67. The maximum Gasteiger partial charge on any atom is 0.245 e. The number of carbonyl (C=O) groups is 1. The molecule has 0 aromatic rings. The molecule has 3 nitrogen and oxygen atoms in total. The molecule has 0 saturated heterocycles. The molecule has 0 heterocycles. The van der Waals surface area contributed by atoms with Crippen LogP contribution in [0.1, 0.15) is 17.4 Å². The molecule has 1 amide bonds. The number of hydrogen-bond donors (Lipinski definition) is 0. The molecule has 0 aliphatic heterocycles. The highest BCUT2D eigenvalue weighted by Crippen LogP contribution is 1.86. The fraction of sp³-hybridized carbons (Fsp3) is 0.800. The summed E-state index contributed by atoms with van der Waals surface area (Å²) < 4.78 is 20.3. The molecule has 0 fully saturated rings. The molecule has 0 aromatic heterocycles. The predicted molar refractivity (Wildman–Crippen MR) is 30.1 cm³/mol. The van der Waals surface area contributed by atoms with Gasteiger partial charge in [-0.25, -0.2) is 5.06 Å². The molecule has 3 heteroatoms. The van der Waals surface area contributed by atoms with Crippen LogP contribution in [0.25, 0.3) is 0 Å². The fourth-order valence-corrected chi connectivity index (χ4v) is 0.213. The van der Waals surface area contributed by atoms with Crippen LogP contribution in [0.15, 0.2) is 0 Å². The molecule has 0 rings (SSSR count). The standard InChI is InChI=1S/C5H11NO2/c1-4-5(7)6(2)8-3/h4H2,1-3H3/i1D3. The largest absolute Gasteiger partial charge is 0.275 e. The molecular formula is C5H11NO2. The topological polar surface area (TPSA) is 29.5 Å². The number of hydrogen-bond acceptors (Lipinski definition) is 2. The molecule has 0 atom stereocenters. The summed E-state index contributed by atoms with van der Waals surface area (Å²) in [6.45, 7) is -2.22. The molecule has 8 heavy (non-hydrogen) atoms. The smallest absolute Gasteiger partial charge is 0.245 e. The van der Waals surface area contributed by atoms with Gasteiger partial charge in [-0.1, -0.05) is 6.85 Å². The van der Waals surface area contributed by atoms with Crippen molar-refractivity contribution in [1.82, 2.24) is 5.06 Å². The van der Waals surface area contributed by atoms with Crippen molar-refractivity contribution in [2.24, 2.45) is 0 Å². The normalized spacial score (nSPS) is 16.0. The first-order valence-corrected chi connectivity index (χ1v) is 2.17. The van der Waals surface area contributed by atoms with E-state index in [0.717, 1.165) is 5.06 Å². The van der Waals surface area contributed by atoms with E-state index in [-0.39, 0.29) is 0 Å². The Hall–Kier alpha value is -0.570. The minimum atomic E-state index is -2.22. The summed E-state index contributed by atoms with van der Waals surface area (Å²) in [5.74, 6) is -0.549. The van der Waals surface area contributed by atoms with Crippen LogP contribution in [0, 0.1) is 0 Å². The Morgan fingerprint density at radius 3 is 3.00 bits per heavy atom. The third kappa shape index (κ3) is 1.93. The molecule has 0 unspecified atom stereocenters. The summed E-state index contributed by atoms with van der Waals surface area (Å²) in [6, 6.07) is 0. The summed E-state index contributed by atoms with van der Waals surface area (Å²) in [5, 5.41) is 0.895. The van der Waals surface area contributed by atoms with Gasteiger partial charge < -0.3 is 0 Å². The minimum Gasteiger partial charge on any atom is -0.275 e. The van der Waals surface area contributed by atoms with Crippen LogP contribution in [0.4, 0.5) is 0 Å². The van der Waals surface area contributed by atoms with E-state index in [1.165, 1.54) is 14.2 Å². The number of rotatable bonds is 2. The average Bonchev–Trinajstić information content (AvgIpc) is 1.82. The lowest BCUT2D eigenvalue weighted by Crippen LogP contribution is -2.23. The van der Waals surface area contributed by atoms with Crippen LogP contribution in [0.3, 0.4) is 0 Å². The van der Waals surface area contributed by atoms with E-state index in [0.29, 0.717) is 0 Å². The van der Waals surface area contributed by atoms with Crippen LogP contribution in [-0.2, 0) is 9.63 Å². The van der Waals surface area contributed by atoms with Gasteiger partial charge >= 0.3 is 0 Å². The summed E-state index contributed by atoms with van der Waals surface area (Å²) >= 11 is 0. The number of nitrogens with zero attached hydrogens (tertiary/aromatic N) is 1. The van der Waals surface area contributed by atoms with Gasteiger partial charge in [0.1, 0.15) is 0 Å². The third-order valence-corrected chi connectivity index (χ3v) is 0.776. The predicted octanol–water partition coefficient (Wildman–Crippen LogP) is 0.416. The zero-order chi connectivity index (χ0) is 9.07. The summed E-state index contributed by atoms with van der Waals surface area (Å²) in [5.41, 5.74) is 0. The van der Waals surface area contributed by atoms with Gasteiger partial charge in [0, 0.05) is 17.6 Å². The van der Waals surface area contributed by atoms with Gasteiger partial charge in [0.15, 0.2) is 0 Å². The number of carbonyl (C=O) groups excluding carboxylic acids is 1. The minimum absolute atomic E-state index is 0.489. The van der Waals surface area contributed by atoms with Gasteiger partial charge in [0.05, 0.1) is 7.11 Å². The van der Waals surface area contributed by atoms with Crippen molar-refractivity contribution in [3.05, 3.63) is 0 Å². The van der Waals surface area contributed by atoms with Crippen molar-refractivity contribution in [3.8, 4) is 0 Å². The van der Waals surface area contributed by atoms with Gasteiger partial charge in [-0.05, 0) is 0 Å². The van der Waals surface area contributed by atoms with Gasteiger partial charge in [-0.2, -0.15) is 0 Å². The third-order valence-electron chi connectivity index (χ3n) is 0.776. The fourth-order valence-electron chi connectivity index (χ4n) is 0.213. The highest BCUT2D eigenvalue weighted by Gasteiger charge is 2.01. The number of amides is 1. The van der Waals surface area contributed by atoms with Gasteiger partial charge in [-0.3, -0.25) is 9.63 Å². The second-order valence-corrected chi connectivity index (χ2v) is 1.25. The second-order valence-electron chi connectivity index (χ2n) is 1.25. The molecule has 0 aromatic carbocycles. The van der Waals surface area contributed by atoms with Crippen molar-refractivity contribution in [1.29, 1.82) is 0 Å². The van der Waals surface area contributed by atoms with Crippen molar-refractivity contribution in [2.45, 2.75) is 13.3 Å². The lowest BCUT2D eigenvalue weighted by Gasteiger charge is -2.10. The van der Waals surface area contributed by atoms with E-state index in [2.05, 4.69) is 4.84 Å². The van der Waals surface area contributed by atoms with E-state index in [1.54, 1.807) is 0 Å². The zero-order valence-electron chi connectivity index (χ0n) is 7.97. The molecule has 0 saturated carbocycles. The molecule has 0 N–H and O–H groups in total. The van der Waals surface area contributed by atoms with Crippen molar-refractivity contribution < 1.29 is 13.7 Å². The lowest BCUT2D eigenvalue weighted by molar-refractivity contribution is -0.168. The molecule has 0 bridgehead atoms. The molecule has 0 aliphatic rings. The van der Waals surface area contributed by atoms with Crippen LogP contribution in [0.5, 0.6) is 0 Å². The molecule has 48 valence electrons. The Morgan fingerprint density at radius 1 is 2.00 bits per heavy atom. The Bertz CT molecular complexity index is 145. The quantitative estimate of drug-likeness (QED) is 0.494. The van der Waals surface area contributed by atoms with Crippen molar-refractivity contribution in [3.63, 3.8) is 0 Å². The molecule has 0 spiro atoms. The van der Waals surface area contributed by atoms with Gasteiger partial charge in [0.2, 0.25) is 5.91 Å². The Morgan fingerprint density at radius 2 is 2.62 bits per heavy atom. The van der Waals surface area contributed by atoms with E-state index < -0.39 is 19.2 Å². The van der Waals surface area contributed by atoms with E-state index in [9.17, 15) is 4.79 Å². The van der Waals surface area contributed by atoms with Crippen LogP contribution >= 0.6 is 0 Å². The van der Waals surface area contributed by atoms with E-state index in [4.69, 9.17) is 4.11 Å². The highest BCUT2D eigenvalue weighted by molar-refractivity contribution is 5.74. The SMILES string of the molecule is [2H]C([2H])([2H])CC(=O)N(C)OC. The first kappa shape index (κ1) is 3.45. The molecule has 0 radical (unpaired) electrons. The van der Waals surface area contributed by atoms with Gasteiger partial charge in [-0.15, -0.1) is 0 Å². The maximum absolute atomic E-state index is 10.8. The van der Waals surface area contributed by atoms with Crippen LogP contribution in [0.2, 0.25) is 0 Å². The lowest BCUT2D eigenvalue weighted by atomic mass is 10.5. The van der Waals surface area contributed by atoms with Crippen LogP contribution < -0.4 is 0 Å². The summed E-state index contributed by atoms with van der Waals surface area (Å²) in [7, 11) is 2.67. The highest BCUT2D eigenvalue weighted by atomic mass is 16.7. The zero-order valence-corrected chi connectivity index (χ0v) is 4.97. The summed E-state index contributed by atoms with van der Waals surface area (Å²) in [4.78, 5) is 15.3. The van der Waals surface area contributed by atoms with E-state index in [1.807, 2.05) is 0 Å². The Labute approximate surface area is 53.4 Å². The van der Waals surface area contributed by atoms with Crippen LogP contribution in [-0.4, -0.2) is 25.1 Å². The Kier molecular flexibility index (Phi) is 1.48. The average molecular weight is 120 g/mol. The van der Waals surface area contributed by atoms with Crippen molar-refractivity contribution in [2.75, 3.05) is 14.2 Å². The summed E-state index contributed by atoms with van der Waals surface area (Å²) in [6.07, 6.45) is -0.489. The molecule has 0 aliphatic carbocycles. The molecular weight excluding hydrogens is 106 g/mol. The van der Waals surface area contributed by atoms with E-state index >= 15 is 0 Å². The Balaban J connectivity index is 3.88.